The molecular weight excluding hydrogens is 240 g/mol. The van der Waals surface area contributed by atoms with E-state index in [2.05, 4.69) is 9.71 Å². The predicted octanol–water partition coefficient (Wildman–Crippen LogP) is 0.961. The smallest absolute Gasteiger partial charge is 0.212 e. The molecule has 0 spiro atoms. The van der Waals surface area contributed by atoms with Crippen LogP contribution in [0, 0.1) is 5.92 Å². The zero-order valence-corrected chi connectivity index (χ0v) is 10.7. The van der Waals surface area contributed by atoms with Crippen LogP contribution in [0.25, 0.3) is 0 Å². The van der Waals surface area contributed by atoms with Gasteiger partial charge in [-0.1, -0.05) is 13.3 Å². The molecule has 96 valence electrons. The van der Waals surface area contributed by atoms with Crippen LogP contribution in [-0.4, -0.2) is 31.8 Å². The summed E-state index contributed by atoms with van der Waals surface area (Å²) in [6.07, 6.45) is 5.45. The second-order valence-electron chi connectivity index (χ2n) is 4.99. The maximum absolute atomic E-state index is 11.8. The van der Waals surface area contributed by atoms with Crippen molar-refractivity contribution < 1.29 is 13.2 Å². The van der Waals surface area contributed by atoms with Gasteiger partial charge >= 0.3 is 0 Å². The lowest BCUT2D eigenvalue weighted by molar-refractivity contribution is 0.459. The van der Waals surface area contributed by atoms with Gasteiger partial charge < -0.3 is 0 Å². The molecular formula is C11H18N2O3S. The maximum Gasteiger partial charge on any atom is 0.235 e. The molecule has 1 N–H and O–H groups in total. The average molecular weight is 258 g/mol. The molecule has 2 aliphatic carbocycles. The third-order valence-corrected chi connectivity index (χ3v) is 5.71. The van der Waals surface area contributed by atoms with Gasteiger partial charge in [-0.2, -0.15) is 0 Å². The zero-order valence-electron chi connectivity index (χ0n) is 9.93. The predicted molar refractivity (Wildman–Crippen MR) is 63.8 cm³/mol. The molecule has 0 aromatic heterocycles. The summed E-state index contributed by atoms with van der Waals surface area (Å²) >= 11 is 0. The second kappa shape index (κ2) is 4.88. The Morgan fingerprint density at radius 1 is 1.35 bits per heavy atom. The minimum Gasteiger partial charge on any atom is -0.212 e. The summed E-state index contributed by atoms with van der Waals surface area (Å²) < 4.78 is 26.3. The highest BCUT2D eigenvalue weighted by atomic mass is 32.2. The highest BCUT2D eigenvalue weighted by Crippen LogP contribution is 2.33. The quantitative estimate of drug-likeness (QED) is 0.589. The Kier molecular flexibility index (Phi) is 3.66. The summed E-state index contributed by atoms with van der Waals surface area (Å²) in [5.41, 5.74) is 0. The number of rotatable bonds is 5. The third-order valence-electron chi connectivity index (χ3n) is 3.69. The van der Waals surface area contributed by atoms with Gasteiger partial charge in [0.2, 0.25) is 16.1 Å². The molecule has 0 amide bonds. The Hall–Kier alpha value is -0.710. The van der Waals surface area contributed by atoms with E-state index in [1.807, 2.05) is 6.92 Å². The first kappa shape index (κ1) is 12.7. The van der Waals surface area contributed by atoms with Crippen LogP contribution >= 0.6 is 0 Å². The number of carbonyl (C=O) groups excluding carboxylic acids is 1. The van der Waals surface area contributed by atoms with Crippen molar-refractivity contribution in [1.82, 2.24) is 4.72 Å². The first-order chi connectivity index (χ1) is 8.06. The molecule has 0 heterocycles. The fourth-order valence-electron chi connectivity index (χ4n) is 2.57. The van der Waals surface area contributed by atoms with Crippen LogP contribution < -0.4 is 4.72 Å². The van der Waals surface area contributed by atoms with Gasteiger partial charge in [0, 0.05) is 6.04 Å². The van der Waals surface area contributed by atoms with E-state index in [4.69, 9.17) is 0 Å². The lowest BCUT2D eigenvalue weighted by Crippen LogP contribution is -2.35. The van der Waals surface area contributed by atoms with E-state index in [-0.39, 0.29) is 17.3 Å². The minimum atomic E-state index is -3.13. The molecule has 2 fully saturated rings. The van der Waals surface area contributed by atoms with Gasteiger partial charge in [0.25, 0.3) is 0 Å². The van der Waals surface area contributed by atoms with Crippen LogP contribution in [0.2, 0.25) is 0 Å². The molecule has 0 radical (unpaired) electrons. The van der Waals surface area contributed by atoms with E-state index in [0.29, 0.717) is 12.3 Å². The maximum atomic E-state index is 11.8. The Labute approximate surface area is 102 Å². The van der Waals surface area contributed by atoms with Crippen LogP contribution in [0.5, 0.6) is 0 Å². The summed E-state index contributed by atoms with van der Waals surface area (Å²) in [5, 5.41) is -0.184. The summed E-state index contributed by atoms with van der Waals surface area (Å²) in [4.78, 5) is 14.1. The normalized spacial score (nSPS) is 33.4. The zero-order chi connectivity index (χ0) is 12.5. The molecule has 0 bridgehead atoms. The van der Waals surface area contributed by atoms with E-state index in [9.17, 15) is 13.2 Å². The SMILES string of the molecule is CC[C@@H]1C[C@H](NS(=O)(=O)C2CC2)C[C@@H]1N=C=O. The van der Waals surface area contributed by atoms with Crippen LogP contribution in [0.15, 0.2) is 4.99 Å². The van der Waals surface area contributed by atoms with Crippen LogP contribution in [0.4, 0.5) is 0 Å². The lowest BCUT2D eigenvalue weighted by Gasteiger charge is -2.12. The molecule has 0 aromatic carbocycles. The van der Waals surface area contributed by atoms with Crippen molar-refractivity contribution in [1.29, 1.82) is 0 Å². The molecule has 3 atom stereocenters. The van der Waals surface area contributed by atoms with Gasteiger partial charge in [-0.15, -0.1) is 0 Å². The number of nitrogens with zero attached hydrogens (tertiary/aromatic N) is 1. The molecule has 2 aliphatic rings. The summed E-state index contributed by atoms with van der Waals surface area (Å²) in [6, 6.07) is -0.128. The molecule has 2 saturated carbocycles. The third kappa shape index (κ3) is 2.94. The van der Waals surface area contributed by atoms with E-state index < -0.39 is 10.0 Å². The van der Waals surface area contributed by atoms with Gasteiger partial charge in [0.15, 0.2) is 0 Å². The molecule has 17 heavy (non-hydrogen) atoms. The topological polar surface area (TPSA) is 75.6 Å². The van der Waals surface area contributed by atoms with E-state index in [1.54, 1.807) is 6.08 Å². The summed E-state index contributed by atoms with van der Waals surface area (Å²) in [6.45, 7) is 2.04. The largest absolute Gasteiger partial charge is 0.235 e. The van der Waals surface area contributed by atoms with E-state index in [0.717, 1.165) is 25.7 Å². The van der Waals surface area contributed by atoms with Crippen LogP contribution in [0.3, 0.4) is 0 Å². The standard InChI is InChI=1S/C11H18N2O3S/c1-2-8-5-9(6-11(8)12-7-14)13-17(15,16)10-3-4-10/h8-11,13H,2-6H2,1H3/t8-,9+,11+/m1/s1. The van der Waals surface area contributed by atoms with E-state index >= 15 is 0 Å². The van der Waals surface area contributed by atoms with Gasteiger partial charge in [-0.3, -0.25) is 0 Å². The number of isocyanates is 1. The number of hydrogen-bond acceptors (Lipinski definition) is 4. The molecule has 0 aromatic rings. The minimum absolute atomic E-state index is 0.0624. The molecule has 5 nitrogen and oxygen atoms in total. The number of aliphatic imine (C=N–C) groups is 1. The lowest BCUT2D eigenvalue weighted by atomic mass is 10.0. The first-order valence-electron chi connectivity index (χ1n) is 6.15. The monoisotopic (exact) mass is 258 g/mol. The van der Waals surface area contributed by atoms with Crippen molar-refractivity contribution in [2.45, 2.75) is 56.4 Å². The highest BCUT2D eigenvalue weighted by molar-refractivity contribution is 7.90. The number of hydrogen-bond donors (Lipinski definition) is 1. The summed E-state index contributed by atoms with van der Waals surface area (Å²) in [5.74, 6) is 0.295. The Balaban J connectivity index is 1.98. The van der Waals surface area contributed by atoms with Gasteiger partial charge in [-0.25, -0.2) is 22.9 Å². The van der Waals surface area contributed by atoms with Crippen molar-refractivity contribution in [3.63, 3.8) is 0 Å². The van der Waals surface area contributed by atoms with Crippen LogP contribution in [0.1, 0.15) is 39.0 Å². The van der Waals surface area contributed by atoms with Crippen molar-refractivity contribution in [2.75, 3.05) is 0 Å². The fourth-order valence-corrected chi connectivity index (χ4v) is 4.18. The Bertz CT molecular complexity index is 424. The highest BCUT2D eigenvalue weighted by Gasteiger charge is 2.40. The molecule has 6 heteroatoms. The Morgan fingerprint density at radius 3 is 2.59 bits per heavy atom. The first-order valence-corrected chi connectivity index (χ1v) is 7.69. The fraction of sp³-hybridized carbons (Fsp3) is 0.909. The van der Waals surface area contributed by atoms with Gasteiger partial charge in [0.1, 0.15) is 0 Å². The molecule has 2 rings (SSSR count). The Morgan fingerprint density at radius 2 is 2.06 bits per heavy atom. The van der Waals surface area contributed by atoms with Crippen molar-refractivity contribution >= 4 is 16.1 Å². The van der Waals surface area contributed by atoms with Crippen LogP contribution in [-0.2, 0) is 14.8 Å². The van der Waals surface area contributed by atoms with Gasteiger partial charge in [0.05, 0.1) is 11.3 Å². The molecule has 0 saturated heterocycles. The molecule has 0 unspecified atom stereocenters. The number of sulfonamides is 1. The average Bonchev–Trinajstić information content (AvgIpc) is 3.04. The van der Waals surface area contributed by atoms with Crippen molar-refractivity contribution in [2.24, 2.45) is 10.9 Å². The second-order valence-corrected chi connectivity index (χ2v) is 6.98. The van der Waals surface area contributed by atoms with Crippen molar-refractivity contribution in [3.8, 4) is 0 Å². The van der Waals surface area contributed by atoms with Gasteiger partial charge in [-0.05, 0) is 31.6 Å². The van der Waals surface area contributed by atoms with Crippen molar-refractivity contribution in [3.05, 3.63) is 0 Å². The summed E-state index contributed by atoms with van der Waals surface area (Å²) in [7, 11) is -3.13. The van der Waals surface area contributed by atoms with E-state index in [1.165, 1.54) is 0 Å². The number of nitrogens with one attached hydrogen (secondary N) is 1. The molecule has 0 aliphatic heterocycles.